The first-order chi connectivity index (χ1) is 18.6. The number of carbonyl (C=O) groups excluding carboxylic acids is 6. The molecule has 0 saturated heterocycles. The number of esters is 3. The minimum absolute atomic E-state index is 0.0717. The van der Waals surface area contributed by atoms with Crippen LogP contribution >= 0.6 is 0 Å². The van der Waals surface area contributed by atoms with E-state index in [-0.39, 0.29) is 24.3 Å². The van der Waals surface area contributed by atoms with Gasteiger partial charge in [-0.15, -0.1) is 0 Å². The van der Waals surface area contributed by atoms with Crippen LogP contribution in [0.4, 0.5) is 0 Å². The van der Waals surface area contributed by atoms with Crippen LogP contribution in [0, 0.1) is 0 Å². The second-order valence-electron chi connectivity index (χ2n) is 7.72. The molecule has 0 aliphatic heterocycles. The van der Waals surface area contributed by atoms with Crippen LogP contribution in [0.5, 0.6) is 0 Å². The van der Waals surface area contributed by atoms with Gasteiger partial charge in [0.2, 0.25) is 0 Å². The number of carbonyl (C=O) groups is 6. The van der Waals surface area contributed by atoms with E-state index < -0.39 is 55.4 Å². The van der Waals surface area contributed by atoms with Crippen LogP contribution < -0.4 is 0 Å². The van der Waals surface area contributed by atoms with Gasteiger partial charge >= 0.3 is 235 Å². The minimum atomic E-state index is -5.45. The molecule has 12 nitrogen and oxygen atoms in total. The van der Waals surface area contributed by atoms with Gasteiger partial charge in [0, 0.05) is 0 Å². The molecule has 0 bridgehead atoms. The summed E-state index contributed by atoms with van der Waals surface area (Å²) >= 11 is -5.45. The zero-order chi connectivity index (χ0) is 29.5. The molecule has 0 rings (SSSR count). The zero-order valence-electron chi connectivity index (χ0n) is 22.9. The summed E-state index contributed by atoms with van der Waals surface area (Å²) in [5, 5.41) is 0. The fourth-order valence-corrected chi connectivity index (χ4v) is 9.27. The van der Waals surface area contributed by atoms with Crippen LogP contribution in [0.15, 0.2) is 36.5 Å². The molecule has 13 heteroatoms. The Labute approximate surface area is 234 Å². The fourth-order valence-electron chi connectivity index (χ4n) is 2.88. The first-order valence-electron chi connectivity index (χ1n) is 12.8. The summed E-state index contributed by atoms with van der Waals surface area (Å²) in [6.07, 6.45) is 9.66. The first-order valence-corrected chi connectivity index (χ1v) is 18.4. The molecule has 0 amide bonds. The third-order valence-corrected chi connectivity index (χ3v) is 11.7. The van der Waals surface area contributed by atoms with Gasteiger partial charge in [0.25, 0.3) is 0 Å². The summed E-state index contributed by atoms with van der Waals surface area (Å²) < 4.78 is 30.4. The molecule has 0 fully saturated rings. The summed E-state index contributed by atoms with van der Waals surface area (Å²) in [7, 11) is 0. The molecule has 0 radical (unpaired) electrons. The number of unbranched alkanes of at least 4 members (excludes halogenated alkanes) is 5. The van der Waals surface area contributed by atoms with Crippen molar-refractivity contribution in [1.29, 1.82) is 0 Å². The van der Waals surface area contributed by atoms with Gasteiger partial charge in [0.05, 0.1) is 0 Å². The third-order valence-electron chi connectivity index (χ3n) is 4.53. The van der Waals surface area contributed by atoms with E-state index in [4.69, 9.17) is 23.4 Å². The van der Waals surface area contributed by atoms with Crippen molar-refractivity contribution in [1.82, 2.24) is 0 Å². The van der Waals surface area contributed by atoms with Gasteiger partial charge in [-0.2, -0.15) is 0 Å². The summed E-state index contributed by atoms with van der Waals surface area (Å²) in [5.41, 5.74) is 0. The summed E-state index contributed by atoms with van der Waals surface area (Å²) in [6.45, 7) is 7.05. The van der Waals surface area contributed by atoms with Gasteiger partial charge < -0.3 is 0 Å². The molecule has 0 aliphatic rings. The number of ether oxygens (including phenoxy) is 3. The Hall–Kier alpha value is -3.16. The molecule has 0 aromatic heterocycles. The normalized spacial score (nSPS) is 11.4. The second-order valence-corrected chi connectivity index (χ2v) is 14.8. The van der Waals surface area contributed by atoms with Crippen LogP contribution in [0.25, 0.3) is 0 Å². The van der Waals surface area contributed by atoms with E-state index in [1.165, 1.54) is 0 Å². The molecule has 0 spiro atoms. The van der Waals surface area contributed by atoms with Crippen LogP contribution in [-0.4, -0.2) is 75.3 Å². The van der Waals surface area contributed by atoms with Crippen molar-refractivity contribution in [3.8, 4) is 0 Å². The molecule has 0 aromatic rings. The Kier molecular flexibility index (Phi) is 20.0. The maximum atomic E-state index is 12.6. The van der Waals surface area contributed by atoms with Gasteiger partial charge in [0.1, 0.15) is 0 Å². The number of rotatable bonds is 19. The predicted molar refractivity (Wildman–Crippen MR) is 140 cm³/mol. The van der Waals surface area contributed by atoms with Gasteiger partial charge in [0.15, 0.2) is 0 Å². The van der Waals surface area contributed by atoms with Crippen molar-refractivity contribution in [3.63, 3.8) is 0 Å². The van der Waals surface area contributed by atoms with E-state index in [0.29, 0.717) is 12.8 Å². The number of hydrogen-bond acceptors (Lipinski definition) is 12. The Balaban J connectivity index is 6.03. The van der Waals surface area contributed by atoms with Crippen molar-refractivity contribution in [2.75, 3.05) is 19.8 Å². The Morgan fingerprint density at radius 1 is 0.462 bits per heavy atom. The standard InChI is InChI=1S/C8H17.3C6H8O4.Sn/c1-3-5-7-8-6-4-2;3*1-2-10-6(9)4-3-5(7)8;/h1,3-8H2,2H3;3*3-4H,2H2,1H3,(H,7,8);/q;;;;+3/p-3/b;4-3+;2*4-3-;. The molecule has 0 heterocycles. The average Bonchev–Trinajstić information content (AvgIpc) is 2.87. The topological polar surface area (TPSA) is 158 Å². The Morgan fingerprint density at radius 2 is 0.769 bits per heavy atom. The molecule has 0 N–H and O–H groups in total. The van der Waals surface area contributed by atoms with Crippen LogP contribution in [0.2, 0.25) is 4.44 Å². The van der Waals surface area contributed by atoms with Crippen molar-refractivity contribution in [3.05, 3.63) is 36.5 Å². The van der Waals surface area contributed by atoms with E-state index in [1.54, 1.807) is 20.8 Å². The molecule has 0 aliphatic carbocycles. The zero-order valence-corrected chi connectivity index (χ0v) is 25.8. The quantitative estimate of drug-likeness (QED) is 0.0655. The van der Waals surface area contributed by atoms with Crippen molar-refractivity contribution >= 4 is 55.4 Å². The van der Waals surface area contributed by atoms with E-state index >= 15 is 0 Å². The molecule has 0 aromatic carbocycles. The van der Waals surface area contributed by atoms with Crippen LogP contribution in [0.1, 0.15) is 66.2 Å². The Bertz CT molecular complexity index is 804. The van der Waals surface area contributed by atoms with Crippen LogP contribution in [0.3, 0.4) is 0 Å². The molecule has 218 valence electrons. The SMILES string of the molecule is CCCCCCC[CH2][Sn]([O]C(=O)/C=C\C(=O)OCC)([O]C(=O)/C=C\C(=O)OCC)[O]C(=O)/C=C/C(=O)OCC. The Morgan fingerprint density at radius 3 is 1.10 bits per heavy atom. The van der Waals surface area contributed by atoms with Crippen molar-refractivity contribution in [2.24, 2.45) is 0 Å². The fraction of sp³-hybridized carbons (Fsp3) is 0.538. The average molecular weight is 661 g/mol. The van der Waals surface area contributed by atoms with Crippen molar-refractivity contribution < 1.29 is 52.2 Å². The maximum absolute atomic E-state index is 12.6. The first kappa shape index (κ1) is 35.8. The monoisotopic (exact) mass is 662 g/mol. The summed E-state index contributed by atoms with van der Waals surface area (Å²) in [4.78, 5) is 72.5. The molecule has 0 saturated carbocycles. The molecular formula is C26H38O12Sn. The molecular weight excluding hydrogens is 623 g/mol. The number of hydrogen-bond donors (Lipinski definition) is 0. The van der Waals surface area contributed by atoms with Crippen LogP contribution in [-0.2, 0) is 52.2 Å². The van der Waals surface area contributed by atoms with Gasteiger partial charge in [-0.3, -0.25) is 0 Å². The molecule has 0 unspecified atom stereocenters. The van der Waals surface area contributed by atoms with Gasteiger partial charge in [-0.05, 0) is 0 Å². The van der Waals surface area contributed by atoms with Gasteiger partial charge in [-0.25, -0.2) is 0 Å². The third kappa shape index (κ3) is 18.7. The molecule has 39 heavy (non-hydrogen) atoms. The predicted octanol–water partition coefficient (Wildman–Crippen LogP) is 3.27. The second kappa shape index (κ2) is 21.7. The van der Waals surface area contributed by atoms with E-state index in [1.807, 2.05) is 0 Å². The van der Waals surface area contributed by atoms with E-state index in [9.17, 15) is 28.8 Å². The van der Waals surface area contributed by atoms with E-state index in [0.717, 1.165) is 62.1 Å². The molecule has 0 atom stereocenters. The summed E-state index contributed by atoms with van der Waals surface area (Å²) in [5.74, 6) is -5.74. The summed E-state index contributed by atoms with van der Waals surface area (Å²) in [6, 6.07) is 0. The van der Waals surface area contributed by atoms with E-state index in [2.05, 4.69) is 6.92 Å². The van der Waals surface area contributed by atoms with Gasteiger partial charge in [-0.1, -0.05) is 0 Å². The van der Waals surface area contributed by atoms with Crippen molar-refractivity contribution in [2.45, 2.75) is 70.7 Å².